The van der Waals surface area contributed by atoms with Crippen LogP contribution in [0.5, 0.6) is 0 Å². The van der Waals surface area contributed by atoms with E-state index in [9.17, 15) is 4.79 Å². The van der Waals surface area contributed by atoms with Crippen LogP contribution >= 0.6 is 0 Å². The van der Waals surface area contributed by atoms with Crippen molar-refractivity contribution in [3.8, 4) is 0 Å². The Morgan fingerprint density at radius 3 is 2.81 bits per heavy atom. The van der Waals surface area contributed by atoms with E-state index in [4.69, 9.17) is 9.47 Å². The summed E-state index contributed by atoms with van der Waals surface area (Å²) in [6.07, 6.45) is 3.72. The Labute approximate surface area is 126 Å². The Kier molecular flexibility index (Phi) is 5.76. The number of carbonyl (C=O) groups excluding carboxylic acids is 1. The number of amides is 1. The second-order valence-electron chi connectivity index (χ2n) is 5.85. The summed E-state index contributed by atoms with van der Waals surface area (Å²) in [5.74, 6) is 0.0499. The van der Waals surface area contributed by atoms with Crippen LogP contribution in [-0.4, -0.2) is 32.3 Å². The molecule has 1 aromatic carbocycles. The highest BCUT2D eigenvalue weighted by Gasteiger charge is 2.28. The van der Waals surface area contributed by atoms with Crippen LogP contribution in [0, 0.1) is 0 Å². The molecule has 1 amide bonds. The van der Waals surface area contributed by atoms with Crippen LogP contribution in [0.15, 0.2) is 30.3 Å². The number of rotatable bonds is 7. The van der Waals surface area contributed by atoms with Gasteiger partial charge in [0.2, 0.25) is 5.91 Å². The molecule has 1 fully saturated rings. The first kappa shape index (κ1) is 16.0. The Morgan fingerprint density at radius 1 is 1.43 bits per heavy atom. The normalized spacial score (nSPS) is 21.0. The van der Waals surface area contributed by atoms with Crippen molar-refractivity contribution < 1.29 is 14.3 Å². The molecule has 0 bridgehead atoms. The average Bonchev–Trinajstić information content (AvgIpc) is 3.00. The van der Waals surface area contributed by atoms with Crippen molar-refractivity contribution in [3.05, 3.63) is 35.9 Å². The summed E-state index contributed by atoms with van der Waals surface area (Å²) in [4.78, 5) is 12.2. The molecule has 1 aliphatic rings. The van der Waals surface area contributed by atoms with Crippen molar-refractivity contribution >= 4 is 5.91 Å². The standard InChI is InChI=1S/C17H25NO3/c1-17(13-20-2,14-7-4-3-5-8-14)18-16(19)11-10-15-9-6-12-21-15/h3-5,7-8,15H,6,9-13H2,1-2H3,(H,18,19)/t15-,17+/m1/s1. The Morgan fingerprint density at radius 2 is 2.19 bits per heavy atom. The minimum atomic E-state index is -0.496. The molecule has 0 unspecified atom stereocenters. The molecule has 1 heterocycles. The fraction of sp³-hybridized carbons (Fsp3) is 0.588. The van der Waals surface area contributed by atoms with Crippen LogP contribution in [0.3, 0.4) is 0 Å². The first-order chi connectivity index (χ1) is 10.1. The second kappa shape index (κ2) is 7.57. The summed E-state index contributed by atoms with van der Waals surface area (Å²) < 4.78 is 10.9. The van der Waals surface area contributed by atoms with Gasteiger partial charge in [-0.2, -0.15) is 0 Å². The van der Waals surface area contributed by atoms with Crippen LogP contribution in [0.2, 0.25) is 0 Å². The molecular formula is C17H25NO3. The van der Waals surface area contributed by atoms with Crippen LogP contribution in [0.25, 0.3) is 0 Å². The van der Waals surface area contributed by atoms with Crippen LogP contribution in [0.1, 0.15) is 38.2 Å². The third-order valence-electron chi connectivity index (χ3n) is 3.98. The summed E-state index contributed by atoms with van der Waals surface area (Å²) in [6, 6.07) is 9.94. The minimum Gasteiger partial charge on any atom is -0.382 e. The topological polar surface area (TPSA) is 47.6 Å². The van der Waals surface area contributed by atoms with E-state index in [1.54, 1.807) is 7.11 Å². The third-order valence-corrected chi connectivity index (χ3v) is 3.98. The van der Waals surface area contributed by atoms with E-state index >= 15 is 0 Å². The fourth-order valence-electron chi connectivity index (χ4n) is 2.82. The highest BCUT2D eigenvalue weighted by Crippen LogP contribution is 2.22. The van der Waals surface area contributed by atoms with E-state index in [2.05, 4.69) is 5.32 Å². The molecule has 4 nitrogen and oxygen atoms in total. The fourth-order valence-corrected chi connectivity index (χ4v) is 2.82. The zero-order valence-electron chi connectivity index (χ0n) is 12.9. The molecule has 2 rings (SSSR count). The maximum Gasteiger partial charge on any atom is 0.220 e. The van der Waals surface area contributed by atoms with Gasteiger partial charge in [-0.1, -0.05) is 30.3 Å². The lowest BCUT2D eigenvalue weighted by molar-refractivity contribution is -0.124. The number of carbonyl (C=O) groups is 1. The largest absolute Gasteiger partial charge is 0.382 e. The lowest BCUT2D eigenvalue weighted by atomic mass is 9.92. The van der Waals surface area contributed by atoms with E-state index in [1.165, 1.54) is 0 Å². The summed E-state index contributed by atoms with van der Waals surface area (Å²) >= 11 is 0. The van der Waals surface area contributed by atoms with Crippen LogP contribution in [-0.2, 0) is 19.8 Å². The van der Waals surface area contributed by atoms with E-state index in [0.29, 0.717) is 13.0 Å². The zero-order valence-corrected chi connectivity index (χ0v) is 12.9. The SMILES string of the molecule is COC[C@](C)(NC(=O)CC[C@H]1CCCO1)c1ccccc1. The van der Waals surface area contributed by atoms with Crippen molar-refractivity contribution in [2.24, 2.45) is 0 Å². The minimum absolute atomic E-state index is 0.0499. The Bertz CT molecular complexity index is 443. The van der Waals surface area contributed by atoms with Gasteiger partial charge >= 0.3 is 0 Å². The molecule has 1 aliphatic heterocycles. The van der Waals surface area contributed by atoms with Gasteiger partial charge < -0.3 is 14.8 Å². The lowest BCUT2D eigenvalue weighted by Gasteiger charge is -2.31. The van der Waals surface area contributed by atoms with Gasteiger partial charge in [-0.3, -0.25) is 4.79 Å². The van der Waals surface area contributed by atoms with E-state index in [0.717, 1.165) is 31.4 Å². The summed E-state index contributed by atoms with van der Waals surface area (Å²) in [5, 5.41) is 3.12. The predicted octanol–water partition coefficient (Wildman–Crippen LogP) is 2.62. The Hall–Kier alpha value is -1.39. The molecule has 2 atom stereocenters. The van der Waals surface area contributed by atoms with E-state index in [1.807, 2.05) is 37.3 Å². The lowest BCUT2D eigenvalue weighted by Crippen LogP contribution is -2.46. The van der Waals surface area contributed by atoms with Gasteiger partial charge in [-0.25, -0.2) is 0 Å². The quantitative estimate of drug-likeness (QED) is 0.840. The maximum atomic E-state index is 12.2. The molecule has 1 saturated heterocycles. The number of hydrogen-bond donors (Lipinski definition) is 1. The van der Waals surface area contributed by atoms with Crippen molar-refractivity contribution in [2.75, 3.05) is 20.3 Å². The molecule has 4 heteroatoms. The van der Waals surface area contributed by atoms with Gasteiger partial charge in [-0.05, 0) is 31.7 Å². The van der Waals surface area contributed by atoms with E-state index in [-0.39, 0.29) is 12.0 Å². The number of benzene rings is 1. The third kappa shape index (κ3) is 4.55. The zero-order chi connectivity index (χ0) is 15.1. The molecule has 0 aliphatic carbocycles. The molecule has 21 heavy (non-hydrogen) atoms. The van der Waals surface area contributed by atoms with Gasteiger partial charge in [-0.15, -0.1) is 0 Å². The highest BCUT2D eigenvalue weighted by molar-refractivity contribution is 5.77. The Balaban J connectivity index is 1.93. The smallest absolute Gasteiger partial charge is 0.220 e. The number of nitrogens with one attached hydrogen (secondary N) is 1. The highest BCUT2D eigenvalue weighted by atomic mass is 16.5. The first-order valence-electron chi connectivity index (χ1n) is 7.61. The van der Waals surface area contributed by atoms with Gasteiger partial charge in [0.25, 0.3) is 0 Å². The van der Waals surface area contributed by atoms with E-state index < -0.39 is 5.54 Å². The molecule has 0 saturated carbocycles. The predicted molar refractivity (Wildman–Crippen MR) is 82.0 cm³/mol. The maximum absolute atomic E-state index is 12.2. The summed E-state index contributed by atoms with van der Waals surface area (Å²) in [6.45, 7) is 3.27. The van der Waals surface area contributed by atoms with Crippen molar-refractivity contribution in [1.82, 2.24) is 5.32 Å². The molecule has 0 aromatic heterocycles. The molecular weight excluding hydrogens is 266 g/mol. The van der Waals surface area contributed by atoms with Gasteiger partial charge in [0.05, 0.1) is 18.2 Å². The van der Waals surface area contributed by atoms with Crippen molar-refractivity contribution in [3.63, 3.8) is 0 Å². The second-order valence-corrected chi connectivity index (χ2v) is 5.85. The van der Waals surface area contributed by atoms with Gasteiger partial charge in [0, 0.05) is 20.1 Å². The number of ether oxygens (including phenoxy) is 2. The molecule has 0 radical (unpaired) electrons. The van der Waals surface area contributed by atoms with Crippen LogP contribution < -0.4 is 5.32 Å². The molecule has 1 aromatic rings. The molecule has 1 N–H and O–H groups in total. The summed E-state index contributed by atoms with van der Waals surface area (Å²) in [7, 11) is 1.65. The monoisotopic (exact) mass is 291 g/mol. The first-order valence-corrected chi connectivity index (χ1v) is 7.61. The number of hydrogen-bond acceptors (Lipinski definition) is 3. The molecule has 0 spiro atoms. The summed E-state index contributed by atoms with van der Waals surface area (Å²) in [5.41, 5.74) is 0.557. The van der Waals surface area contributed by atoms with Crippen molar-refractivity contribution in [2.45, 2.75) is 44.2 Å². The van der Waals surface area contributed by atoms with Crippen molar-refractivity contribution in [1.29, 1.82) is 0 Å². The molecule has 116 valence electrons. The average molecular weight is 291 g/mol. The van der Waals surface area contributed by atoms with Crippen LogP contribution in [0.4, 0.5) is 0 Å². The van der Waals surface area contributed by atoms with Gasteiger partial charge in [0.1, 0.15) is 0 Å². The van der Waals surface area contributed by atoms with Gasteiger partial charge in [0.15, 0.2) is 0 Å². The number of methoxy groups -OCH3 is 1.